The summed E-state index contributed by atoms with van der Waals surface area (Å²) in [5.74, 6) is 1.77. The molecule has 2 aromatic rings. The molecule has 1 aromatic carbocycles. The van der Waals surface area contributed by atoms with Gasteiger partial charge in [0.15, 0.2) is 0 Å². The van der Waals surface area contributed by atoms with E-state index in [2.05, 4.69) is 9.97 Å². The van der Waals surface area contributed by atoms with Crippen LogP contribution in [0.3, 0.4) is 0 Å². The number of ether oxygens (including phenoxy) is 1. The lowest BCUT2D eigenvalue weighted by Crippen LogP contribution is -2.05. The van der Waals surface area contributed by atoms with E-state index in [1.54, 1.807) is 0 Å². The predicted octanol–water partition coefficient (Wildman–Crippen LogP) is 2.76. The van der Waals surface area contributed by atoms with Gasteiger partial charge in [-0.3, -0.25) is 0 Å². The number of hydrogen-bond acceptors (Lipinski definition) is 3. The van der Waals surface area contributed by atoms with Gasteiger partial charge in [0.05, 0.1) is 6.10 Å². The monoisotopic (exact) mass is 259 g/mol. The minimum atomic E-state index is 0.192. The molecule has 3 N–H and O–H groups in total. The fraction of sp³-hybridized carbons (Fsp3) is 0.400. The molecule has 0 bridgehead atoms. The van der Waals surface area contributed by atoms with Crippen LogP contribution in [-0.4, -0.2) is 22.6 Å². The van der Waals surface area contributed by atoms with Gasteiger partial charge in [0, 0.05) is 17.5 Å². The van der Waals surface area contributed by atoms with Gasteiger partial charge >= 0.3 is 0 Å². The number of aromatic amines is 1. The smallest absolute Gasteiger partial charge is 0.137 e. The van der Waals surface area contributed by atoms with E-state index in [4.69, 9.17) is 10.5 Å². The van der Waals surface area contributed by atoms with Gasteiger partial charge in [0.25, 0.3) is 0 Å². The first kappa shape index (κ1) is 13.6. The summed E-state index contributed by atoms with van der Waals surface area (Å²) >= 11 is 0. The van der Waals surface area contributed by atoms with Gasteiger partial charge in [-0.2, -0.15) is 0 Å². The van der Waals surface area contributed by atoms with Crippen LogP contribution < -0.4 is 10.5 Å². The highest BCUT2D eigenvalue weighted by atomic mass is 16.5. The molecule has 102 valence electrons. The molecule has 0 radical (unpaired) electrons. The van der Waals surface area contributed by atoms with Crippen molar-refractivity contribution in [2.75, 3.05) is 6.54 Å². The molecule has 0 aliphatic rings. The molecule has 0 unspecified atom stereocenters. The molecular formula is C15H21N3O. The van der Waals surface area contributed by atoms with Crippen molar-refractivity contribution in [3.05, 3.63) is 36.2 Å². The summed E-state index contributed by atoms with van der Waals surface area (Å²) in [6.07, 6.45) is 3.99. The number of hydrogen-bond donors (Lipinski definition) is 2. The van der Waals surface area contributed by atoms with Crippen LogP contribution in [0.1, 0.15) is 26.0 Å². The quantitative estimate of drug-likeness (QED) is 0.838. The lowest BCUT2D eigenvalue weighted by atomic mass is 10.2. The lowest BCUT2D eigenvalue weighted by Gasteiger charge is -2.09. The Morgan fingerprint density at radius 2 is 2.00 bits per heavy atom. The summed E-state index contributed by atoms with van der Waals surface area (Å²) in [5.41, 5.74) is 7.70. The maximum Gasteiger partial charge on any atom is 0.137 e. The Hall–Kier alpha value is -1.81. The minimum Gasteiger partial charge on any atom is -0.491 e. The van der Waals surface area contributed by atoms with Crippen LogP contribution in [0.25, 0.3) is 11.4 Å². The van der Waals surface area contributed by atoms with E-state index in [0.717, 1.165) is 35.7 Å². The van der Waals surface area contributed by atoms with E-state index in [1.165, 1.54) is 0 Å². The zero-order chi connectivity index (χ0) is 13.7. The Kier molecular flexibility index (Phi) is 4.58. The molecule has 4 heteroatoms. The van der Waals surface area contributed by atoms with Gasteiger partial charge in [-0.1, -0.05) is 0 Å². The second-order valence-corrected chi connectivity index (χ2v) is 4.84. The van der Waals surface area contributed by atoms with E-state index in [0.29, 0.717) is 6.54 Å². The standard InChI is InChI=1S/C15H21N3O/c1-11(2)19-14-7-5-12(6-8-14)15-17-10-13(18-15)4-3-9-16/h5-8,10-11H,3-4,9,16H2,1-2H3,(H,17,18). The first-order valence-electron chi connectivity index (χ1n) is 6.70. The molecule has 0 aliphatic heterocycles. The van der Waals surface area contributed by atoms with E-state index < -0.39 is 0 Å². The average Bonchev–Trinajstić information content (AvgIpc) is 2.85. The van der Waals surface area contributed by atoms with Crippen molar-refractivity contribution in [2.24, 2.45) is 5.73 Å². The molecule has 0 amide bonds. The van der Waals surface area contributed by atoms with E-state index in [1.807, 2.05) is 44.3 Å². The maximum absolute atomic E-state index is 5.62. The Morgan fingerprint density at radius 3 is 2.63 bits per heavy atom. The van der Waals surface area contributed by atoms with Crippen molar-refractivity contribution in [3.8, 4) is 17.1 Å². The van der Waals surface area contributed by atoms with Crippen LogP contribution in [0.5, 0.6) is 5.75 Å². The molecule has 1 aromatic heterocycles. The molecule has 0 spiro atoms. The second kappa shape index (κ2) is 6.38. The van der Waals surface area contributed by atoms with Crippen molar-refractivity contribution in [1.29, 1.82) is 0 Å². The van der Waals surface area contributed by atoms with Crippen LogP contribution in [0, 0.1) is 0 Å². The normalized spacial score (nSPS) is 10.9. The van der Waals surface area contributed by atoms with Crippen LogP contribution in [0.4, 0.5) is 0 Å². The maximum atomic E-state index is 5.62. The number of rotatable bonds is 6. The fourth-order valence-electron chi connectivity index (χ4n) is 1.89. The summed E-state index contributed by atoms with van der Waals surface area (Å²) in [5, 5.41) is 0. The van der Waals surface area contributed by atoms with Gasteiger partial charge in [-0.05, 0) is 57.5 Å². The third-order valence-electron chi connectivity index (χ3n) is 2.78. The first-order chi connectivity index (χ1) is 9.19. The average molecular weight is 259 g/mol. The minimum absolute atomic E-state index is 0.192. The Bertz CT molecular complexity index is 502. The number of imidazole rings is 1. The topological polar surface area (TPSA) is 63.9 Å². The van der Waals surface area contributed by atoms with Gasteiger partial charge < -0.3 is 15.5 Å². The summed E-state index contributed by atoms with van der Waals surface area (Å²) in [6.45, 7) is 4.74. The van der Waals surface area contributed by atoms with Crippen LogP contribution in [-0.2, 0) is 6.42 Å². The van der Waals surface area contributed by atoms with E-state index in [9.17, 15) is 0 Å². The molecular weight excluding hydrogens is 238 g/mol. The Balaban J connectivity index is 2.07. The van der Waals surface area contributed by atoms with E-state index in [-0.39, 0.29) is 6.10 Å². The first-order valence-corrected chi connectivity index (χ1v) is 6.70. The van der Waals surface area contributed by atoms with Gasteiger partial charge in [-0.25, -0.2) is 4.98 Å². The number of aromatic nitrogens is 2. The predicted molar refractivity (Wildman–Crippen MR) is 77.2 cm³/mol. The highest BCUT2D eigenvalue weighted by Gasteiger charge is 2.04. The number of H-pyrrole nitrogens is 1. The number of nitrogens with two attached hydrogens (primary N) is 1. The van der Waals surface area contributed by atoms with Crippen molar-refractivity contribution >= 4 is 0 Å². The third kappa shape index (κ3) is 3.83. The van der Waals surface area contributed by atoms with Gasteiger partial charge in [0.2, 0.25) is 0 Å². The van der Waals surface area contributed by atoms with Crippen LogP contribution in [0.15, 0.2) is 30.5 Å². The number of nitrogens with zero attached hydrogens (tertiary/aromatic N) is 1. The number of aryl methyl sites for hydroxylation is 1. The molecule has 0 aliphatic carbocycles. The van der Waals surface area contributed by atoms with Crippen molar-refractivity contribution in [3.63, 3.8) is 0 Å². The van der Waals surface area contributed by atoms with Crippen LogP contribution in [0.2, 0.25) is 0 Å². The molecule has 19 heavy (non-hydrogen) atoms. The second-order valence-electron chi connectivity index (χ2n) is 4.84. The van der Waals surface area contributed by atoms with Gasteiger partial charge in [0.1, 0.15) is 11.6 Å². The summed E-state index contributed by atoms with van der Waals surface area (Å²) in [4.78, 5) is 7.71. The molecule has 1 heterocycles. The number of benzene rings is 1. The van der Waals surface area contributed by atoms with Crippen molar-refractivity contribution in [2.45, 2.75) is 32.8 Å². The van der Waals surface area contributed by atoms with Crippen molar-refractivity contribution < 1.29 is 4.74 Å². The van der Waals surface area contributed by atoms with E-state index >= 15 is 0 Å². The molecule has 0 saturated heterocycles. The Morgan fingerprint density at radius 1 is 1.26 bits per heavy atom. The van der Waals surface area contributed by atoms with Crippen molar-refractivity contribution in [1.82, 2.24) is 9.97 Å². The molecule has 2 rings (SSSR count). The van der Waals surface area contributed by atoms with Crippen LogP contribution >= 0.6 is 0 Å². The summed E-state index contributed by atoms with van der Waals surface area (Å²) < 4.78 is 5.62. The zero-order valence-corrected chi connectivity index (χ0v) is 11.5. The Labute approximate surface area is 114 Å². The molecule has 0 fully saturated rings. The molecule has 0 saturated carbocycles. The third-order valence-corrected chi connectivity index (χ3v) is 2.78. The number of nitrogens with one attached hydrogen (secondary N) is 1. The van der Waals surface area contributed by atoms with Gasteiger partial charge in [-0.15, -0.1) is 0 Å². The molecule has 4 nitrogen and oxygen atoms in total. The zero-order valence-electron chi connectivity index (χ0n) is 11.5. The SMILES string of the molecule is CC(C)Oc1ccc(-c2ncc(CCCN)[nH]2)cc1. The lowest BCUT2D eigenvalue weighted by molar-refractivity contribution is 0.242. The summed E-state index contributed by atoms with van der Waals surface area (Å²) in [6, 6.07) is 7.97. The summed E-state index contributed by atoms with van der Waals surface area (Å²) in [7, 11) is 0. The highest BCUT2D eigenvalue weighted by Crippen LogP contribution is 2.20. The largest absolute Gasteiger partial charge is 0.491 e. The highest BCUT2D eigenvalue weighted by molar-refractivity contribution is 5.56. The fourth-order valence-corrected chi connectivity index (χ4v) is 1.89. The molecule has 0 atom stereocenters.